The minimum Gasteiger partial charge on any atom is -0.0845 e. The molecule has 1 aliphatic carbocycles. The number of allylic oxidation sites excluding steroid dienone is 10. The van der Waals surface area contributed by atoms with Gasteiger partial charge in [-0.05, 0) is 25.7 Å². The van der Waals surface area contributed by atoms with Crippen molar-refractivity contribution in [2.24, 2.45) is 0 Å². The second kappa shape index (κ2) is 8.31. The lowest BCUT2D eigenvalue weighted by Crippen LogP contribution is -1.71. The third-order valence-corrected chi connectivity index (χ3v) is 2.04. The van der Waals surface area contributed by atoms with Gasteiger partial charge in [0.05, 0.1) is 0 Å². The molecule has 1 rings (SSSR count). The van der Waals surface area contributed by atoms with Crippen molar-refractivity contribution in [2.75, 3.05) is 0 Å². The summed E-state index contributed by atoms with van der Waals surface area (Å²) in [6.45, 7) is 0. The summed E-state index contributed by atoms with van der Waals surface area (Å²) in [6, 6.07) is 0. The SMILES string of the molecule is C1=C/C=C/C=C/CCCC/C=C/C=C1. The quantitative estimate of drug-likeness (QED) is 0.528. The van der Waals surface area contributed by atoms with Gasteiger partial charge >= 0.3 is 0 Å². The highest BCUT2D eigenvalue weighted by atomic mass is 13.9. The van der Waals surface area contributed by atoms with E-state index in [1.807, 2.05) is 12.2 Å². The average molecular weight is 186 g/mol. The van der Waals surface area contributed by atoms with E-state index in [-0.39, 0.29) is 0 Å². The van der Waals surface area contributed by atoms with Crippen molar-refractivity contribution in [3.63, 3.8) is 0 Å². The summed E-state index contributed by atoms with van der Waals surface area (Å²) in [5.74, 6) is 0. The molecule has 0 fully saturated rings. The molecular weight excluding hydrogens is 168 g/mol. The van der Waals surface area contributed by atoms with Crippen LogP contribution in [0, 0.1) is 0 Å². The first kappa shape index (κ1) is 10.8. The molecule has 0 aromatic carbocycles. The van der Waals surface area contributed by atoms with Gasteiger partial charge in [0, 0.05) is 0 Å². The van der Waals surface area contributed by atoms with Crippen molar-refractivity contribution >= 4 is 0 Å². The summed E-state index contributed by atoms with van der Waals surface area (Å²) < 4.78 is 0. The van der Waals surface area contributed by atoms with Gasteiger partial charge in [-0.25, -0.2) is 0 Å². The zero-order valence-corrected chi connectivity index (χ0v) is 8.60. The predicted octanol–water partition coefficient (Wildman–Crippen LogP) is 4.34. The summed E-state index contributed by atoms with van der Waals surface area (Å²) in [5.41, 5.74) is 0. The first-order valence-corrected chi connectivity index (χ1v) is 5.32. The van der Waals surface area contributed by atoms with Gasteiger partial charge in [0.2, 0.25) is 0 Å². The van der Waals surface area contributed by atoms with Gasteiger partial charge in [-0.15, -0.1) is 0 Å². The summed E-state index contributed by atoms with van der Waals surface area (Å²) in [4.78, 5) is 0. The van der Waals surface area contributed by atoms with Crippen LogP contribution < -0.4 is 0 Å². The minimum absolute atomic E-state index is 1.19. The fraction of sp³-hybridized carbons (Fsp3) is 0.286. The van der Waals surface area contributed by atoms with Gasteiger partial charge in [-0.2, -0.15) is 0 Å². The Bertz CT molecular complexity index is 234. The molecule has 0 spiro atoms. The Hall–Kier alpha value is -1.30. The lowest BCUT2D eigenvalue weighted by molar-refractivity contribution is 0.762. The Labute approximate surface area is 87.0 Å². The molecule has 14 heavy (non-hydrogen) atoms. The Morgan fingerprint density at radius 1 is 0.429 bits per heavy atom. The molecule has 0 bridgehead atoms. The highest BCUT2D eigenvalue weighted by molar-refractivity contribution is 5.17. The van der Waals surface area contributed by atoms with E-state index >= 15 is 0 Å². The van der Waals surface area contributed by atoms with Gasteiger partial charge in [0.25, 0.3) is 0 Å². The van der Waals surface area contributed by atoms with Crippen LogP contribution in [-0.4, -0.2) is 0 Å². The van der Waals surface area contributed by atoms with Crippen LogP contribution in [0.1, 0.15) is 25.7 Å². The maximum absolute atomic E-state index is 2.23. The van der Waals surface area contributed by atoms with Crippen LogP contribution in [-0.2, 0) is 0 Å². The molecule has 1 aliphatic rings. The third kappa shape index (κ3) is 6.24. The highest BCUT2D eigenvalue weighted by Gasteiger charge is 1.82. The van der Waals surface area contributed by atoms with Crippen LogP contribution in [0.2, 0.25) is 0 Å². The van der Waals surface area contributed by atoms with Gasteiger partial charge in [-0.1, -0.05) is 60.8 Å². The van der Waals surface area contributed by atoms with Crippen LogP contribution in [0.3, 0.4) is 0 Å². The van der Waals surface area contributed by atoms with Crippen molar-refractivity contribution < 1.29 is 0 Å². The topological polar surface area (TPSA) is 0 Å². The lowest BCUT2D eigenvalue weighted by atomic mass is 10.1. The van der Waals surface area contributed by atoms with E-state index in [2.05, 4.69) is 48.6 Å². The van der Waals surface area contributed by atoms with Crippen LogP contribution in [0.25, 0.3) is 0 Å². The van der Waals surface area contributed by atoms with E-state index in [1.165, 1.54) is 25.7 Å². The van der Waals surface area contributed by atoms with Crippen LogP contribution in [0.15, 0.2) is 60.8 Å². The molecule has 0 unspecified atom stereocenters. The number of rotatable bonds is 0. The maximum atomic E-state index is 2.23. The molecule has 0 saturated carbocycles. The van der Waals surface area contributed by atoms with Gasteiger partial charge in [0.15, 0.2) is 0 Å². The Morgan fingerprint density at radius 2 is 0.786 bits per heavy atom. The van der Waals surface area contributed by atoms with Crippen LogP contribution in [0.5, 0.6) is 0 Å². The lowest BCUT2D eigenvalue weighted by Gasteiger charge is -1.91. The molecule has 0 heterocycles. The van der Waals surface area contributed by atoms with Crippen LogP contribution in [0.4, 0.5) is 0 Å². The molecule has 0 aromatic heterocycles. The minimum atomic E-state index is 1.19. The molecule has 0 heteroatoms. The molecule has 0 nitrogen and oxygen atoms in total. The number of hydrogen-bond acceptors (Lipinski definition) is 0. The molecule has 0 amide bonds. The Balaban J connectivity index is 2.46. The number of hydrogen-bond donors (Lipinski definition) is 0. The molecule has 0 aromatic rings. The largest absolute Gasteiger partial charge is 0.0845 e. The second-order valence-electron chi connectivity index (χ2n) is 3.30. The predicted molar refractivity (Wildman–Crippen MR) is 64.2 cm³/mol. The Kier molecular flexibility index (Phi) is 6.39. The summed E-state index contributed by atoms with van der Waals surface area (Å²) in [5, 5.41) is 0. The third-order valence-electron chi connectivity index (χ3n) is 2.04. The fourth-order valence-corrected chi connectivity index (χ4v) is 1.26. The van der Waals surface area contributed by atoms with Gasteiger partial charge < -0.3 is 0 Å². The van der Waals surface area contributed by atoms with Gasteiger partial charge in [0.1, 0.15) is 0 Å². The van der Waals surface area contributed by atoms with E-state index in [4.69, 9.17) is 0 Å². The normalized spacial score (nSPS) is 25.1. The average Bonchev–Trinajstić information content (AvgIpc) is 2.22. The molecule has 0 aliphatic heterocycles. The molecule has 0 atom stereocenters. The van der Waals surface area contributed by atoms with Crippen LogP contribution >= 0.6 is 0 Å². The first-order chi connectivity index (χ1) is 7.00. The van der Waals surface area contributed by atoms with Crippen molar-refractivity contribution in [3.05, 3.63) is 60.8 Å². The highest BCUT2D eigenvalue weighted by Crippen LogP contribution is 2.02. The fourth-order valence-electron chi connectivity index (χ4n) is 1.26. The standard InChI is InChI=1S/C14H18/c1-2-4-6-8-10-12-14-13-11-9-7-5-3-1/h1-10H,11-14H2/b2-1?,5-3+,6-4?,9-7+,10-8+. The zero-order chi connectivity index (χ0) is 9.90. The summed E-state index contributed by atoms with van der Waals surface area (Å²) in [6.07, 6.45) is 26.0. The summed E-state index contributed by atoms with van der Waals surface area (Å²) in [7, 11) is 0. The summed E-state index contributed by atoms with van der Waals surface area (Å²) >= 11 is 0. The van der Waals surface area contributed by atoms with E-state index in [9.17, 15) is 0 Å². The van der Waals surface area contributed by atoms with E-state index in [1.54, 1.807) is 0 Å². The van der Waals surface area contributed by atoms with Crippen molar-refractivity contribution in [3.8, 4) is 0 Å². The van der Waals surface area contributed by atoms with Gasteiger partial charge in [-0.3, -0.25) is 0 Å². The van der Waals surface area contributed by atoms with E-state index in [0.29, 0.717) is 0 Å². The molecular formula is C14H18. The van der Waals surface area contributed by atoms with Crippen molar-refractivity contribution in [2.45, 2.75) is 25.7 Å². The van der Waals surface area contributed by atoms with Crippen molar-refractivity contribution in [1.82, 2.24) is 0 Å². The van der Waals surface area contributed by atoms with E-state index < -0.39 is 0 Å². The molecule has 0 saturated heterocycles. The Morgan fingerprint density at radius 3 is 1.21 bits per heavy atom. The van der Waals surface area contributed by atoms with E-state index in [0.717, 1.165) is 0 Å². The molecule has 74 valence electrons. The van der Waals surface area contributed by atoms with Crippen molar-refractivity contribution in [1.29, 1.82) is 0 Å². The molecule has 0 N–H and O–H groups in total. The molecule has 0 radical (unpaired) electrons. The monoisotopic (exact) mass is 186 g/mol. The smallest absolute Gasteiger partial charge is 0.0347 e. The first-order valence-electron chi connectivity index (χ1n) is 5.32. The second-order valence-corrected chi connectivity index (χ2v) is 3.30. The zero-order valence-electron chi connectivity index (χ0n) is 8.60. The maximum Gasteiger partial charge on any atom is -0.0347 e.